The number of halogens is 1. The van der Waals surface area contributed by atoms with E-state index in [0.717, 1.165) is 6.20 Å². The number of hydrogen-bond acceptors (Lipinski definition) is 6. The average molecular weight is 335 g/mol. The number of carbonyl (C=O) groups is 1. The summed E-state index contributed by atoms with van der Waals surface area (Å²) in [7, 11) is 0. The van der Waals surface area contributed by atoms with Crippen molar-refractivity contribution in [3.8, 4) is 0 Å². The molecule has 0 aliphatic carbocycles. The fourth-order valence-electron chi connectivity index (χ4n) is 2.23. The first kappa shape index (κ1) is 16.3. The number of carbonyl (C=O) groups excluding carboxylic acids is 1. The van der Waals surface area contributed by atoms with Crippen LogP contribution in [0.5, 0.6) is 0 Å². The van der Waals surface area contributed by atoms with Crippen molar-refractivity contribution in [2.24, 2.45) is 0 Å². The van der Waals surface area contributed by atoms with E-state index in [1.807, 2.05) is 13.8 Å². The molecule has 128 valence electrons. The highest BCUT2D eigenvalue weighted by Gasteiger charge is 2.29. The largest absolute Gasteiger partial charge is 0.422 e. The zero-order valence-electron chi connectivity index (χ0n) is 13.4. The summed E-state index contributed by atoms with van der Waals surface area (Å²) in [6.07, 6.45) is 0.578. The van der Waals surface area contributed by atoms with Gasteiger partial charge in [-0.15, -0.1) is 10.2 Å². The van der Waals surface area contributed by atoms with E-state index >= 15 is 0 Å². The fraction of sp³-hybridized carbons (Fsp3) is 0.467. The maximum atomic E-state index is 12.9. The number of nitrogens with zero attached hydrogens (tertiary/aromatic N) is 4. The summed E-state index contributed by atoms with van der Waals surface area (Å²) in [4.78, 5) is 17.7. The first-order valence-electron chi connectivity index (χ1n) is 7.65. The Balaban J connectivity index is 1.63. The summed E-state index contributed by atoms with van der Waals surface area (Å²) >= 11 is 0. The topological polar surface area (TPSA) is 93.4 Å². The van der Waals surface area contributed by atoms with Crippen LogP contribution in [0.25, 0.3) is 0 Å². The third kappa shape index (κ3) is 3.67. The number of nitrogens with one attached hydrogen (secondary N) is 1. The zero-order valence-corrected chi connectivity index (χ0v) is 13.4. The summed E-state index contributed by atoms with van der Waals surface area (Å²) in [5.74, 6) is 0.835. The van der Waals surface area contributed by atoms with Gasteiger partial charge in [0.2, 0.25) is 11.8 Å². The van der Waals surface area contributed by atoms with E-state index in [2.05, 4.69) is 20.5 Å². The summed E-state index contributed by atoms with van der Waals surface area (Å²) in [6.45, 7) is 4.97. The van der Waals surface area contributed by atoms with E-state index in [1.165, 1.54) is 12.1 Å². The second kappa shape index (κ2) is 6.91. The number of pyridine rings is 1. The summed E-state index contributed by atoms with van der Waals surface area (Å²) in [5.41, 5.74) is 0. The van der Waals surface area contributed by atoms with Gasteiger partial charge in [0, 0.05) is 12.5 Å². The first-order valence-corrected chi connectivity index (χ1v) is 7.65. The van der Waals surface area contributed by atoms with Crippen molar-refractivity contribution in [1.82, 2.24) is 20.1 Å². The van der Waals surface area contributed by atoms with Crippen LogP contribution in [0.3, 0.4) is 0 Å². The molecule has 1 unspecified atom stereocenters. The molecule has 0 radical (unpaired) electrons. The molecular formula is C15H18FN5O3. The minimum absolute atomic E-state index is 0.124. The first-order chi connectivity index (χ1) is 11.5. The van der Waals surface area contributed by atoms with Crippen LogP contribution >= 0.6 is 0 Å². The Bertz CT molecular complexity index is 703. The Hall–Kier alpha value is -2.55. The van der Waals surface area contributed by atoms with Crippen LogP contribution in [0.2, 0.25) is 0 Å². The van der Waals surface area contributed by atoms with Crippen molar-refractivity contribution < 1.29 is 18.3 Å². The molecule has 2 aromatic rings. The van der Waals surface area contributed by atoms with Gasteiger partial charge in [-0.2, -0.15) is 0 Å². The van der Waals surface area contributed by atoms with Crippen molar-refractivity contribution in [1.29, 1.82) is 0 Å². The number of morpholine rings is 1. The summed E-state index contributed by atoms with van der Waals surface area (Å²) < 4.78 is 24.1. The number of urea groups is 1. The van der Waals surface area contributed by atoms with Crippen molar-refractivity contribution >= 4 is 11.8 Å². The van der Waals surface area contributed by atoms with Crippen LogP contribution in [0, 0.1) is 5.82 Å². The number of amides is 2. The Labute approximate surface area is 138 Å². The predicted molar refractivity (Wildman–Crippen MR) is 81.9 cm³/mol. The standard InChI is InChI=1S/C15H18FN5O3/c1-9(2)13-19-20-14(24-13)11-8-21(5-6-23-11)15(22)18-12-4-3-10(16)7-17-12/h3-4,7,9,11H,5-6,8H2,1-2H3,(H,17,18,22). The lowest BCUT2D eigenvalue weighted by atomic mass is 10.2. The highest BCUT2D eigenvalue weighted by molar-refractivity contribution is 5.88. The van der Waals surface area contributed by atoms with Crippen molar-refractivity contribution in [2.45, 2.75) is 25.9 Å². The quantitative estimate of drug-likeness (QED) is 0.925. The minimum atomic E-state index is -0.467. The molecule has 1 saturated heterocycles. The number of rotatable bonds is 3. The van der Waals surface area contributed by atoms with E-state index in [4.69, 9.17) is 9.15 Å². The number of ether oxygens (including phenoxy) is 1. The number of aromatic nitrogens is 3. The number of hydrogen-bond donors (Lipinski definition) is 1. The maximum absolute atomic E-state index is 12.9. The zero-order chi connectivity index (χ0) is 17.1. The number of anilines is 1. The van der Waals surface area contributed by atoms with E-state index in [1.54, 1.807) is 4.90 Å². The van der Waals surface area contributed by atoms with Crippen LogP contribution in [0.15, 0.2) is 22.7 Å². The molecule has 0 bridgehead atoms. The molecule has 1 aliphatic heterocycles. The van der Waals surface area contributed by atoms with E-state index < -0.39 is 11.9 Å². The molecule has 9 heteroatoms. The van der Waals surface area contributed by atoms with Gasteiger partial charge >= 0.3 is 6.03 Å². The smallest absolute Gasteiger partial charge is 0.323 e. The van der Waals surface area contributed by atoms with Gasteiger partial charge in [-0.25, -0.2) is 14.2 Å². The minimum Gasteiger partial charge on any atom is -0.422 e. The molecule has 1 fully saturated rings. The molecule has 2 amide bonds. The van der Waals surface area contributed by atoms with Gasteiger partial charge in [-0.3, -0.25) is 5.32 Å². The molecular weight excluding hydrogens is 317 g/mol. The average Bonchev–Trinajstić information content (AvgIpc) is 3.07. The molecule has 3 rings (SSSR count). The molecule has 0 spiro atoms. The summed E-state index contributed by atoms with van der Waals surface area (Å²) in [6, 6.07) is 2.29. The van der Waals surface area contributed by atoms with Crippen LogP contribution in [-0.4, -0.2) is 45.8 Å². The molecule has 0 saturated carbocycles. The molecule has 8 nitrogen and oxygen atoms in total. The Kier molecular flexibility index (Phi) is 4.70. The van der Waals surface area contributed by atoms with E-state index in [0.29, 0.717) is 24.9 Å². The van der Waals surface area contributed by atoms with Crippen LogP contribution in [0.4, 0.5) is 15.0 Å². The van der Waals surface area contributed by atoms with Gasteiger partial charge < -0.3 is 14.1 Å². The second-order valence-corrected chi connectivity index (χ2v) is 5.73. The highest BCUT2D eigenvalue weighted by atomic mass is 19.1. The molecule has 0 aromatic carbocycles. The van der Waals surface area contributed by atoms with Gasteiger partial charge in [0.05, 0.1) is 19.3 Å². The molecule has 1 N–H and O–H groups in total. The molecule has 2 aromatic heterocycles. The monoisotopic (exact) mass is 335 g/mol. The second-order valence-electron chi connectivity index (χ2n) is 5.73. The van der Waals surface area contributed by atoms with Gasteiger partial charge in [-0.05, 0) is 12.1 Å². The lowest BCUT2D eigenvalue weighted by Crippen LogP contribution is -2.44. The normalized spacial score (nSPS) is 18.0. The molecule has 1 aliphatic rings. The van der Waals surface area contributed by atoms with Crippen molar-refractivity contribution in [3.05, 3.63) is 35.9 Å². The van der Waals surface area contributed by atoms with Gasteiger partial charge in [0.1, 0.15) is 11.6 Å². The predicted octanol–water partition coefficient (Wildman–Crippen LogP) is 2.33. The molecule has 24 heavy (non-hydrogen) atoms. The van der Waals surface area contributed by atoms with Crippen molar-refractivity contribution in [2.75, 3.05) is 25.0 Å². The molecule has 1 atom stereocenters. The van der Waals surface area contributed by atoms with Crippen LogP contribution in [0.1, 0.15) is 37.7 Å². The third-order valence-corrected chi connectivity index (χ3v) is 3.54. The van der Waals surface area contributed by atoms with E-state index in [-0.39, 0.29) is 24.3 Å². The third-order valence-electron chi connectivity index (χ3n) is 3.54. The van der Waals surface area contributed by atoms with Crippen LogP contribution < -0.4 is 5.32 Å². The lowest BCUT2D eigenvalue weighted by molar-refractivity contribution is -0.0276. The van der Waals surface area contributed by atoms with Gasteiger partial charge in [0.15, 0.2) is 6.10 Å². The van der Waals surface area contributed by atoms with Crippen molar-refractivity contribution in [3.63, 3.8) is 0 Å². The maximum Gasteiger partial charge on any atom is 0.323 e. The van der Waals surface area contributed by atoms with Crippen LogP contribution in [-0.2, 0) is 4.74 Å². The SMILES string of the molecule is CC(C)c1nnc(C2CN(C(=O)Nc3ccc(F)cn3)CCO2)o1. The van der Waals surface area contributed by atoms with Gasteiger partial charge in [-0.1, -0.05) is 13.8 Å². The Morgan fingerprint density at radius 3 is 2.92 bits per heavy atom. The molecule has 3 heterocycles. The summed E-state index contributed by atoms with van der Waals surface area (Å²) in [5, 5.41) is 10.6. The highest BCUT2D eigenvalue weighted by Crippen LogP contribution is 2.23. The van der Waals surface area contributed by atoms with E-state index in [9.17, 15) is 9.18 Å². The Morgan fingerprint density at radius 1 is 1.42 bits per heavy atom. The Morgan fingerprint density at radius 2 is 2.25 bits per heavy atom. The fourth-order valence-corrected chi connectivity index (χ4v) is 2.23. The van der Waals surface area contributed by atoms with Gasteiger partial charge in [0.25, 0.3) is 0 Å². The lowest BCUT2D eigenvalue weighted by Gasteiger charge is -2.31.